The molecule has 0 radical (unpaired) electrons. The number of nitrogens with one attached hydrogen (secondary N) is 2. The zero-order valence-electron chi connectivity index (χ0n) is 14.8. The summed E-state index contributed by atoms with van der Waals surface area (Å²) in [4.78, 5) is 36.5. The van der Waals surface area contributed by atoms with Crippen molar-refractivity contribution in [1.29, 1.82) is 0 Å². The Balaban J connectivity index is 1.79. The van der Waals surface area contributed by atoms with Gasteiger partial charge in [-0.3, -0.25) is 9.59 Å². The fourth-order valence-corrected chi connectivity index (χ4v) is 4.31. The highest BCUT2D eigenvalue weighted by molar-refractivity contribution is 7.17. The van der Waals surface area contributed by atoms with E-state index in [-0.39, 0.29) is 18.7 Å². The molecule has 0 unspecified atom stereocenters. The number of anilines is 2. The molecule has 1 heterocycles. The Morgan fingerprint density at radius 2 is 1.85 bits per heavy atom. The molecule has 0 spiro atoms. The molecular weight excluding hydrogens is 368 g/mol. The number of carbonyl (C=O) groups excluding carboxylic acids is 3. The van der Waals surface area contributed by atoms with Crippen LogP contribution in [0.15, 0.2) is 24.3 Å². The molecule has 1 aliphatic rings. The topological polar surface area (TPSA) is 108 Å². The van der Waals surface area contributed by atoms with Crippen molar-refractivity contribution in [2.24, 2.45) is 0 Å². The van der Waals surface area contributed by atoms with Gasteiger partial charge in [-0.05, 0) is 55.5 Å². The lowest BCUT2D eigenvalue weighted by molar-refractivity contribution is -0.305. The molecule has 3 rings (SSSR count). The number of methoxy groups -OCH3 is 1. The van der Waals surface area contributed by atoms with Crippen molar-refractivity contribution < 1.29 is 24.2 Å². The Kier molecular flexibility index (Phi) is 5.75. The van der Waals surface area contributed by atoms with E-state index in [1.54, 1.807) is 31.4 Å². The lowest BCUT2D eigenvalue weighted by Crippen LogP contribution is -2.24. The van der Waals surface area contributed by atoms with Crippen LogP contribution >= 0.6 is 11.3 Å². The largest absolute Gasteiger partial charge is 0.550 e. The number of aryl methyl sites for hydroxylation is 1. The van der Waals surface area contributed by atoms with Gasteiger partial charge < -0.3 is 25.3 Å². The van der Waals surface area contributed by atoms with Gasteiger partial charge in [0.25, 0.3) is 5.91 Å². The predicted octanol–water partition coefficient (Wildman–Crippen LogP) is 1.97. The van der Waals surface area contributed by atoms with Crippen molar-refractivity contribution >= 4 is 39.8 Å². The van der Waals surface area contributed by atoms with Crippen molar-refractivity contribution in [3.63, 3.8) is 0 Å². The summed E-state index contributed by atoms with van der Waals surface area (Å²) >= 11 is 1.38. The Bertz CT molecular complexity index is 873. The van der Waals surface area contributed by atoms with Gasteiger partial charge in [-0.25, -0.2) is 0 Å². The van der Waals surface area contributed by atoms with E-state index in [1.807, 2.05) is 0 Å². The second-order valence-electron chi connectivity index (χ2n) is 6.16. The Morgan fingerprint density at radius 1 is 1.11 bits per heavy atom. The van der Waals surface area contributed by atoms with Gasteiger partial charge in [0.1, 0.15) is 10.8 Å². The van der Waals surface area contributed by atoms with Crippen molar-refractivity contribution in [2.45, 2.75) is 32.1 Å². The highest BCUT2D eigenvalue weighted by atomic mass is 32.1. The molecule has 0 fully saturated rings. The summed E-state index contributed by atoms with van der Waals surface area (Å²) in [7, 11) is 1.57. The van der Waals surface area contributed by atoms with Gasteiger partial charge in [0.2, 0.25) is 5.91 Å². The number of benzene rings is 1. The van der Waals surface area contributed by atoms with Crippen LogP contribution in [0.4, 0.5) is 10.7 Å². The summed E-state index contributed by atoms with van der Waals surface area (Å²) in [6.45, 7) is 0. The average molecular weight is 387 g/mol. The van der Waals surface area contributed by atoms with Crippen molar-refractivity contribution in [1.82, 2.24) is 0 Å². The Hall–Kier alpha value is -2.87. The van der Waals surface area contributed by atoms with E-state index in [1.165, 1.54) is 11.3 Å². The summed E-state index contributed by atoms with van der Waals surface area (Å²) in [6, 6.07) is 6.97. The molecule has 142 valence electrons. The van der Waals surface area contributed by atoms with Gasteiger partial charge in [-0.2, -0.15) is 0 Å². The smallest absolute Gasteiger partial charge is 0.258 e. The third kappa shape index (κ3) is 4.46. The molecule has 0 aliphatic heterocycles. The van der Waals surface area contributed by atoms with E-state index in [0.29, 0.717) is 22.0 Å². The number of carbonyl (C=O) groups is 3. The number of ether oxygens (including phenoxy) is 1. The molecular formula is C19H19N2O5S-. The molecule has 1 aromatic heterocycles. The van der Waals surface area contributed by atoms with Crippen LogP contribution in [0.25, 0.3) is 0 Å². The van der Waals surface area contributed by atoms with E-state index >= 15 is 0 Å². The van der Waals surface area contributed by atoms with E-state index in [2.05, 4.69) is 10.6 Å². The first-order valence-electron chi connectivity index (χ1n) is 8.57. The number of carboxylic acids is 1. The van der Waals surface area contributed by atoms with Crippen LogP contribution < -0.4 is 20.5 Å². The van der Waals surface area contributed by atoms with Crippen LogP contribution in [0.5, 0.6) is 5.75 Å². The van der Waals surface area contributed by atoms with Crippen LogP contribution in [0, 0.1) is 0 Å². The van der Waals surface area contributed by atoms with Crippen LogP contribution in [0.1, 0.15) is 40.1 Å². The van der Waals surface area contributed by atoms with E-state index in [0.717, 1.165) is 29.7 Å². The van der Waals surface area contributed by atoms with E-state index in [4.69, 9.17) is 4.74 Å². The van der Waals surface area contributed by atoms with Gasteiger partial charge in [0, 0.05) is 23.0 Å². The molecule has 8 heteroatoms. The Labute approximate surface area is 160 Å². The fraction of sp³-hybridized carbons (Fsp3) is 0.316. The average Bonchev–Trinajstić information content (AvgIpc) is 3.21. The molecule has 1 aromatic carbocycles. The summed E-state index contributed by atoms with van der Waals surface area (Å²) in [6.07, 6.45) is 2.08. The second-order valence-corrected chi connectivity index (χ2v) is 7.27. The van der Waals surface area contributed by atoms with Crippen LogP contribution in [0.3, 0.4) is 0 Å². The van der Waals surface area contributed by atoms with E-state index < -0.39 is 11.9 Å². The highest BCUT2D eigenvalue weighted by Gasteiger charge is 2.27. The minimum Gasteiger partial charge on any atom is -0.550 e. The first-order valence-corrected chi connectivity index (χ1v) is 9.39. The molecule has 1 aliphatic carbocycles. The summed E-state index contributed by atoms with van der Waals surface area (Å²) in [5.74, 6) is -1.34. The summed E-state index contributed by atoms with van der Waals surface area (Å²) in [5.41, 5.74) is 2.04. The second kappa shape index (κ2) is 8.22. The number of fused-ring (bicyclic) bond motifs is 1. The quantitative estimate of drug-likeness (QED) is 0.755. The van der Waals surface area contributed by atoms with Crippen LogP contribution in [-0.4, -0.2) is 24.9 Å². The van der Waals surface area contributed by atoms with Crippen LogP contribution in [-0.2, 0) is 22.4 Å². The van der Waals surface area contributed by atoms with Crippen molar-refractivity contribution in [3.05, 3.63) is 40.3 Å². The summed E-state index contributed by atoms with van der Waals surface area (Å²) in [5, 5.41) is 16.5. The van der Waals surface area contributed by atoms with Gasteiger partial charge in [0.15, 0.2) is 0 Å². The third-order valence-electron chi connectivity index (χ3n) is 4.31. The fourth-order valence-electron chi connectivity index (χ4n) is 3.01. The lowest BCUT2D eigenvalue weighted by Gasteiger charge is -2.10. The number of hydrogen-bond acceptors (Lipinski definition) is 6. The molecule has 27 heavy (non-hydrogen) atoms. The van der Waals surface area contributed by atoms with Gasteiger partial charge in [-0.1, -0.05) is 0 Å². The SMILES string of the molecule is COc1ccc(NC(=O)c2c(NC(=O)CCC(=O)[O-])sc3c2CCC3)cc1. The minimum atomic E-state index is -1.28. The molecule has 0 bridgehead atoms. The number of aliphatic carboxylic acids is 1. The first kappa shape index (κ1) is 18.9. The van der Waals surface area contributed by atoms with Gasteiger partial charge >= 0.3 is 0 Å². The Morgan fingerprint density at radius 3 is 2.52 bits per heavy atom. The molecule has 0 saturated carbocycles. The highest BCUT2D eigenvalue weighted by Crippen LogP contribution is 2.39. The molecule has 2 amide bonds. The van der Waals surface area contributed by atoms with Crippen LogP contribution in [0.2, 0.25) is 0 Å². The van der Waals surface area contributed by atoms with E-state index in [9.17, 15) is 19.5 Å². The standard InChI is InChI=1S/C19H20N2O5S/c1-26-12-7-5-11(6-8-12)20-18(25)17-13-3-2-4-14(13)27-19(17)21-15(22)9-10-16(23)24/h5-8H,2-4,9-10H2,1H3,(H,20,25)(H,21,22)(H,23,24)/p-1. The number of rotatable bonds is 7. The van der Waals surface area contributed by atoms with Gasteiger partial charge in [-0.15, -0.1) is 11.3 Å². The number of amides is 2. The number of hydrogen-bond donors (Lipinski definition) is 2. The molecule has 0 saturated heterocycles. The lowest BCUT2D eigenvalue weighted by atomic mass is 10.1. The van der Waals surface area contributed by atoms with Crippen molar-refractivity contribution in [2.75, 3.05) is 17.7 Å². The number of carboxylic acid groups (broad SMARTS) is 1. The molecule has 2 N–H and O–H groups in total. The minimum absolute atomic E-state index is 0.190. The molecule has 2 aromatic rings. The maximum absolute atomic E-state index is 12.9. The van der Waals surface area contributed by atoms with Crippen molar-refractivity contribution in [3.8, 4) is 5.75 Å². The monoisotopic (exact) mass is 387 g/mol. The normalized spacial score (nSPS) is 12.3. The maximum atomic E-state index is 12.9. The first-order chi connectivity index (χ1) is 13.0. The molecule has 7 nitrogen and oxygen atoms in total. The summed E-state index contributed by atoms with van der Waals surface area (Å²) < 4.78 is 5.10. The zero-order valence-corrected chi connectivity index (χ0v) is 15.6. The number of thiophene rings is 1. The molecule has 0 atom stereocenters. The zero-order chi connectivity index (χ0) is 19.4. The maximum Gasteiger partial charge on any atom is 0.258 e. The third-order valence-corrected chi connectivity index (χ3v) is 5.51. The van der Waals surface area contributed by atoms with Gasteiger partial charge in [0.05, 0.1) is 12.7 Å². The predicted molar refractivity (Wildman–Crippen MR) is 100 cm³/mol.